The number of hydrogen-bond acceptors (Lipinski definition) is 4. The topological polar surface area (TPSA) is 49.2 Å². The zero-order valence-corrected chi connectivity index (χ0v) is 12.8. The van der Waals surface area contributed by atoms with Gasteiger partial charge in [0.05, 0.1) is 11.7 Å². The molecule has 1 N–H and O–H groups in total. The van der Waals surface area contributed by atoms with Crippen molar-refractivity contribution in [3.63, 3.8) is 0 Å². The van der Waals surface area contributed by atoms with Crippen molar-refractivity contribution in [3.05, 3.63) is 46.6 Å². The van der Waals surface area contributed by atoms with Gasteiger partial charge in [0, 0.05) is 12.1 Å². The molecule has 0 fully saturated rings. The molecule has 21 heavy (non-hydrogen) atoms. The summed E-state index contributed by atoms with van der Waals surface area (Å²) in [6.07, 6.45) is 1.79. The molecule has 0 amide bonds. The molecule has 0 bridgehead atoms. The summed E-state index contributed by atoms with van der Waals surface area (Å²) in [5.74, 6) is 0.736. The van der Waals surface area contributed by atoms with Gasteiger partial charge in [0.1, 0.15) is 0 Å². The summed E-state index contributed by atoms with van der Waals surface area (Å²) in [5.41, 5.74) is 4.42. The smallest absolute Gasteiger partial charge is 0.229 e. The molecule has 0 saturated carbocycles. The fraction of sp³-hybridized carbons (Fsp3) is 0.412. The predicted octanol–water partition coefficient (Wildman–Crippen LogP) is 3.18. The van der Waals surface area contributed by atoms with Crippen LogP contribution in [-0.2, 0) is 12.8 Å². The number of aryl methyl sites for hydroxylation is 1. The SMILES string of the molecule is CCc1nc(N2CCc3ccccc3C2C)nc(O)c1C. The lowest BCUT2D eigenvalue weighted by atomic mass is 9.94. The molecule has 1 aromatic carbocycles. The lowest BCUT2D eigenvalue weighted by Gasteiger charge is -2.35. The average Bonchev–Trinajstić information content (AvgIpc) is 2.50. The highest BCUT2D eigenvalue weighted by Gasteiger charge is 2.26. The third-order valence-electron chi connectivity index (χ3n) is 4.40. The number of fused-ring (bicyclic) bond motifs is 1. The largest absolute Gasteiger partial charge is 0.493 e. The number of hydrogen-bond donors (Lipinski definition) is 1. The highest BCUT2D eigenvalue weighted by molar-refractivity contribution is 5.46. The molecule has 2 heterocycles. The fourth-order valence-electron chi connectivity index (χ4n) is 3.05. The zero-order chi connectivity index (χ0) is 15.0. The molecule has 0 spiro atoms. The summed E-state index contributed by atoms with van der Waals surface area (Å²) >= 11 is 0. The van der Waals surface area contributed by atoms with Crippen LogP contribution in [0.1, 0.15) is 42.3 Å². The molecule has 4 nitrogen and oxygen atoms in total. The second-order valence-corrected chi connectivity index (χ2v) is 5.59. The van der Waals surface area contributed by atoms with Gasteiger partial charge in [-0.05, 0) is 37.8 Å². The van der Waals surface area contributed by atoms with Crippen molar-refractivity contribution in [3.8, 4) is 5.88 Å². The van der Waals surface area contributed by atoms with Crippen molar-refractivity contribution in [2.45, 2.75) is 39.7 Å². The van der Waals surface area contributed by atoms with Gasteiger partial charge in [0.25, 0.3) is 0 Å². The third-order valence-corrected chi connectivity index (χ3v) is 4.40. The first-order valence-corrected chi connectivity index (χ1v) is 7.52. The van der Waals surface area contributed by atoms with Gasteiger partial charge in [-0.3, -0.25) is 0 Å². The first-order valence-electron chi connectivity index (χ1n) is 7.52. The Bertz CT molecular complexity index is 669. The monoisotopic (exact) mass is 283 g/mol. The summed E-state index contributed by atoms with van der Waals surface area (Å²) < 4.78 is 0. The van der Waals surface area contributed by atoms with Crippen LogP contribution in [0.15, 0.2) is 24.3 Å². The predicted molar refractivity (Wildman–Crippen MR) is 83.7 cm³/mol. The molecule has 1 aliphatic rings. The number of aromatic hydroxyl groups is 1. The molecule has 2 aromatic rings. The average molecular weight is 283 g/mol. The quantitative estimate of drug-likeness (QED) is 0.919. The Hall–Kier alpha value is -2.10. The molecule has 3 rings (SSSR count). The molecule has 0 aliphatic carbocycles. The van der Waals surface area contributed by atoms with Gasteiger partial charge in [-0.2, -0.15) is 4.98 Å². The lowest BCUT2D eigenvalue weighted by Crippen LogP contribution is -2.35. The van der Waals surface area contributed by atoms with Gasteiger partial charge in [-0.25, -0.2) is 4.98 Å². The van der Waals surface area contributed by atoms with Crippen molar-refractivity contribution in [1.29, 1.82) is 0 Å². The molecule has 0 saturated heterocycles. The van der Waals surface area contributed by atoms with Gasteiger partial charge < -0.3 is 10.0 Å². The molecule has 1 atom stereocenters. The number of benzene rings is 1. The summed E-state index contributed by atoms with van der Waals surface area (Å²) in [5, 5.41) is 10.0. The van der Waals surface area contributed by atoms with Gasteiger partial charge in [0.2, 0.25) is 11.8 Å². The minimum Gasteiger partial charge on any atom is -0.493 e. The van der Waals surface area contributed by atoms with Gasteiger partial charge >= 0.3 is 0 Å². The molecule has 1 unspecified atom stereocenters. The van der Waals surface area contributed by atoms with E-state index in [9.17, 15) is 5.11 Å². The van der Waals surface area contributed by atoms with Crippen LogP contribution < -0.4 is 4.90 Å². The number of nitrogens with zero attached hydrogens (tertiary/aromatic N) is 3. The normalized spacial score (nSPS) is 17.7. The minimum absolute atomic E-state index is 0.0999. The molecule has 1 aliphatic heterocycles. The lowest BCUT2D eigenvalue weighted by molar-refractivity contribution is 0.443. The van der Waals surface area contributed by atoms with E-state index in [1.165, 1.54) is 11.1 Å². The maximum atomic E-state index is 10.0. The van der Waals surface area contributed by atoms with Crippen molar-refractivity contribution in [1.82, 2.24) is 9.97 Å². The molecule has 4 heteroatoms. The summed E-state index contributed by atoms with van der Waals surface area (Å²) in [7, 11) is 0. The van der Waals surface area contributed by atoms with E-state index in [2.05, 4.69) is 46.1 Å². The Labute approximate surface area is 125 Å². The Morgan fingerprint density at radius 3 is 2.81 bits per heavy atom. The van der Waals surface area contributed by atoms with Crippen LogP contribution in [0.4, 0.5) is 5.95 Å². The third kappa shape index (κ3) is 2.35. The van der Waals surface area contributed by atoms with Crippen molar-refractivity contribution in [2.75, 3.05) is 11.4 Å². The van der Waals surface area contributed by atoms with E-state index in [0.717, 1.165) is 30.6 Å². The Morgan fingerprint density at radius 1 is 1.29 bits per heavy atom. The van der Waals surface area contributed by atoms with Crippen LogP contribution in [0.25, 0.3) is 0 Å². The molecule has 110 valence electrons. The van der Waals surface area contributed by atoms with E-state index < -0.39 is 0 Å². The van der Waals surface area contributed by atoms with Crippen LogP contribution in [0.3, 0.4) is 0 Å². The number of anilines is 1. The van der Waals surface area contributed by atoms with Crippen LogP contribution in [0, 0.1) is 6.92 Å². The second-order valence-electron chi connectivity index (χ2n) is 5.59. The van der Waals surface area contributed by atoms with Crippen LogP contribution in [0.2, 0.25) is 0 Å². The Balaban J connectivity index is 2.01. The first-order chi connectivity index (χ1) is 10.1. The summed E-state index contributed by atoms with van der Waals surface area (Å²) in [6.45, 7) is 6.97. The summed E-state index contributed by atoms with van der Waals surface area (Å²) in [6, 6.07) is 8.74. The standard InChI is InChI=1S/C17H21N3O/c1-4-15-11(2)16(21)19-17(18-15)20-10-9-13-7-5-6-8-14(13)12(20)3/h5-8,12H,4,9-10H2,1-3H3,(H,18,19,21). The highest BCUT2D eigenvalue weighted by atomic mass is 16.3. The van der Waals surface area contributed by atoms with Crippen molar-refractivity contribution in [2.24, 2.45) is 0 Å². The van der Waals surface area contributed by atoms with E-state index in [1.807, 2.05) is 13.8 Å². The maximum Gasteiger partial charge on any atom is 0.229 e. The van der Waals surface area contributed by atoms with Gasteiger partial charge in [-0.1, -0.05) is 31.2 Å². The molecular weight excluding hydrogens is 262 g/mol. The number of aromatic nitrogens is 2. The Kier molecular flexibility index (Phi) is 3.53. The second kappa shape index (κ2) is 5.35. The van der Waals surface area contributed by atoms with Crippen LogP contribution >= 0.6 is 0 Å². The van der Waals surface area contributed by atoms with Crippen LogP contribution in [0.5, 0.6) is 5.88 Å². The van der Waals surface area contributed by atoms with Gasteiger partial charge in [-0.15, -0.1) is 0 Å². The van der Waals surface area contributed by atoms with E-state index in [1.54, 1.807) is 0 Å². The summed E-state index contributed by atoms with van der Waals surface area (Å²) in [4.78, 5) is 11.1. The van der Waals surface area contributed by atoms with E-state index in [0.29, 0.717) is 5.95 Å². The number of rotatable bonds is 2. The first kappa shape index (κ1) is 13.9. The maximum absolute atomic E-state index is 10.0. The van der Waals surface area contributed by atoms with Crippen LogP contribution in [-0.4, -0.2) is 21.6 Å². The zero-order valence-electron chi connectivity index (χ0n) is 12.8. The van der Waals surface area contributed by atoms with E-state index in [4.69, 9.17) is 0 Å². The van der Waals surface area contributed by atoms with E-state index in [-0.39, 0.29) is 11.9 Å². The molecule has 1 aromatic heterocycles. The fourth-order valence-corrected chi connectivity index (χ4v) is 3.05. The molecular formula is C17H21N3O. The molecule has 0 radical (unpaired) electrons. The van der Waals surface area contributed by atoms with E-state index >= 15 is 0 Å². The van der Waals surface area contributed by atoms with Crippen molar-refractivity contribution < 1.29 is 5.11 Å². The highest BCUT2D eigenvalue weighted by Crippen LogP contribution is 2.33. The Morgan fingerprint density at radius 2 is 2.05 bits per heavy atom. The van der Waals surface area contributed by atoms with Gasteiger partial charge in [0.15, 0.2) is 0 Å². The van der Waals surface area contributed by atoms with Crippen molar-refractivity contribution >= 4 is 5.95 Å². The minimum atomic E-state index is 0.0999.